The highest BCUT2D eigenvalue weighted by molar-refractivity contribution is 5.84. The van der Waals surface area contributed by atoms with Crippen molar-refractivity contribution in [1.29, 1.82) is 0 Å². The number of aromatic carboxylic acids is 1. The Hall–Kier alpha value is -2.47. The number of hydrogen-bond acceptors (Lipinski definition) is 5. The Morgan fingerprint density at radius 2 is 2.05 bits per heavy atom. The molecule has 0 fully saturated rings. The molecule has 0 bridgehead atoms. The minimum Gasteiger partial charge on any atom is -0.493 e. The summed E-state index contributed by atoms with van der Waals surface area (Å²) in [5.41, 5.74) is 1.37. The summed E-state index contributed by atoms with van der Waals surface area (Å²) in [6, 6.07) is 6.53. The van der Waals surface area contributed by atoms with Gasteiger partial charge < -0.3 is 24.1 Å². The van der Waals surface area contributed by atoms with Gasteiger partial charge in [0.2, 0.25) is 5.76 Å². The van der Waals surface area contributed by atoms with E-state index in [0.29, 0.717) is 28.4 Å². The standard InChI is InChI=1S/C15H16O6/c1-9-11(6-14(21-9)15(17)18)8-20-12-4-3-10(7-16)5-13(12)19-2/h3-6,16H,7-8H2,1-2H3,(H,17,18). The molecular weight excluding hydrogens is 276 g/mol. The van der Waals surface area contributed by atoms with Crippen molar-refractivity contribution < 1.29 is 28.9 Å². The van der Waals surface area contributed by atoms with Gasteiger partial charge in [-0.1, -0.05) is 6.07 Å². The molecular formula is C15H16O6. The van der Waals surface area contributed by atoms with Gasteiger partial charge in [0.1, 0.15) is 12.4 Å². The molecule has 2 aromatic rings. The van der Waals surface area contributed by atoms with E-state index in [1.165, 1.54) is 13.2 Å². The number of rotatable bonds is 6. The molecule has 112 valence electrons. The fourth-order valence-corrected chi connectivity index (χ4v) is 1.85. The summed E-state index contributed by atoms with van der Waals surface area (Å²) in [5.74, 6) is 0.273. The summed E-state index contributed by atoms with van der Waals surface area (Å²) >= 11 is 0. The van der Waals surface area contributed by atoms with Crippen LogP contribution in [0.15, 0.2) is 28.7 Å². The van der Waals surface area contributed by atoms with Gasteiger partial charge in [-0.2, -0.15) is 0 Å². The lowest BCUT2D eigenvalue weighted by atomic mass is 10.2. The second kappa shape index (κ2) is 6.32. The molecule has 1 aromatic heterocycles. The maximum absolute atomic E-state index is 10.8. The molecule has 0 aliphatic rings. The number of aliphatic hydroxyl groups excluding tert-OH is 1. The molecule has 1 heterocycles. The number of hydrogen-bond donors (Lipinski definition) is 2. The largest absolute Gasteiger partial charge is 0.493 e. The predicted octanol–water partition coefficient (Wildman–Crippen LogP) is 2.37. The van der Waals surface area contributed by atoms with Gasteiger partial charge in [-0.25, -0.2) is 4.79 Å². The van der Waals surface area contributed by atoms with Crippen molar-refractivity contribution >= 4 is 5.97 Å². The van der Waals surface area contributed by atoms with E-state index in [1.807, 2.05) is 0 Å². The van der Waals surface area contributed by atoms with Crippen LogP contribution in [0, 0.1) is 6.92 Å². The van der Waals surface area contributed by atoms with Crippen molar-refractivity contribution in [3.8, 4) is 11.5 Å². The van der Waals surface area contributed by atoms with Gasteiger partial charge in [0, 0.05) is 5.56 Å². The van der Waals surface area contributed by atoms with Crippen LogP contribution >= 0.6 is 0 Å². The summed E-state index contributed by atoms with van der Waals surface area (Å²) in [4.78, 5) is 10.8. The van der Waals surface area contributed by atoms with Gasteiger partial charge in [0.25, 0.3) is 0 Å². The highest BCUT2D eigenvalue weighted by Gasteiger charge is 2.14. The van der Waals surface area contributed by atoms with E-state index in [0.717, 1.165) is 0 Å². The van der Waals surface area contributed by atoms with E-state index in [1.54, 1.807) is 25.1 Å². The normalized spacial score (nSPS) is 10.4. The quantitative estimate of drug-likeness (QED) is 0.849. The summed E-state index contributed by atoms with van der Waals surface area (Å²) in [7, 11) is 1.51. The predicted molar refractivity (Wildman–Crippen MR) is 73.7 cm³/mol. The number of benzene rings is 1. The van der Waals surface area contributed by atoms with Crippen LogP contribution < -0.4 is 9.47 Å². The van der Waals surface area contributed by atoms with Crippen LogP contribution in [0.25, 0.3) is 0 Å². The summed E-state index contributed by atoms with van der Waals surface area (Å²) in [5, 5.41) is 18.0. The molecule has 0 atom stereocenters. The van der Waals surface area contributed by atoms with Crippen molar-refractivity contribution in [3.05, 3.63) is 46.9 Å². The van der Waals surface area contributed by atoms with Gasteiger partial charge in [-0.15, -0.1) is 0 Å². The van der Waals surface area contributed by atoms with Crippen LogP contribution in [-0.4, -0.2) is 23.3 Å². The van der Waals surface area contributed by atoms with Gasteiger partial charge in [0.05, 0.1) is 13.7 Å². The minimum atomic E-state index is -1.12. The number of methoxy groups -OCH3 is 1. The zero-order valence-electron chi connectivity index (χ0n) is 11.8. The fourth-order valence-electron chi connectivity index (χ4n) is 1.85. The number of carboxylic acid groups (broad SMARTS) is 1. The van der Waals surface area contributed by atoms with Gasteiger partial charge >= 0.3 is 5.97 Å². The van der Waals surface area contributed by atoms with E-state index in [2.05, 4.69) is 0 Å². The fraction of sp³-hybridized carbons (Fsp3) is 0.267. The lowest BCUT2D eigenvalue weighted by Gasteiger charge is -2.11. The number of aryl methyl sites for hydroxylation is 1. The third kappa shape index (κ3) is 3.35. The Kier molecular flexibility index (Phi) is 4.49. The van der Waals surface area contributed by atoms with Gasteiger partial charge in [-0.05, 0) is 30.7 Å². The van der Waals surface area contributed by atoms with E-state index < -0.39 is 5.97 Å². The lowest BCUT2D eigenvalue weighted by Crippen LogP contribution is -1.99. The topological polar surface area (TPSA) is 89.1 Å². The molecule has 0 aliphatic heterocycles. The van der Waals surface area contributed by atoms with Crippen LogP contribution in [0.4, 0.5) is 0 Å². The number of carboxylic acids is 1. The van der Waals surface area contributed by atoms with E-state index in [-0.39, 0.29) is 19.0 Å². The monoisotopic (exact) mass is 292 g/mol. The average Bonchev–Trinajstić information content (AvgIpc) is 2.86. The van der Waals surface area contributed by atoms with Crippen molar-refractivity contribution in [3.63, 3.8) is 0 Å². The second-order valence-corrected chi connectivity index (χ2v) is 4.43. The molecule has 0 spiro atoms. The number of aliphatic hydroxyl groups is 1. The van der Waals surface area contributed by atoms with Gasteiger partial charge in [-0.3, -0.25) is 0 Å². The second-order valence-electron chi connectivity index (χ2n) is 4.43. The highest BCUT2D eigenvalue weighted by Crippen LogP contribution is 2.29. The van der Waals surface area contributed by atoms with Crippen molar-refractivity contribution in [2.24, 2.45) is 0 Å². The third-order valence-electron chi connectivity index (χ3n) is 3.03. The first kappa shape index (κ1) is 14.9. The van der Waals surface area contributed by atoms with Crippen LogP contribution in [-0.2, 0) is 13.2 Å². The number of ether oxygens (including phenoxy) is 2. The number of furan rings is 1. The Labute approximate surface area is 121 Å². The van der Waals surface area contributed by atoms with Crippen molar-refractivity contribution in [1.82, 2.24) is 0 Å². The third-order valence-corrected chi connectivity index (χ3v) is 3.03. The zero-order chi connectivity index (χ0) is 15.4. The lowest BCUT2D eigenvalue weighted by molar-refractivity contribution is 0.0661. The van der Waals surface area contributed by atoms with Gasteiger partial charge in [0.15, 0.2) is 11.5 Å². The smallest absolute Gasteiger partial charge is 0.371 e. The Morgan fingerprint density at radius 3 is 2.62 bits per heavy atom. The molecule has 1 aromatic carbocycles. The number of carbonyl (C=O) groups is 1. The Bertz CT molecular complexity index is 644. The summed E-state index contributed by atoms with van der Waals surface area (Å²) in [6.45, 7) is 1.76. The zero-order valence-corrected chi connectivity index (χ0v) is 11.8. The van der Waals surface area contributed by atoms with E-state index >= 15 is 0 Å². The first-order chi connectivity index (χ1) is 10.0. The minimum absolute atomic E-state index is 0.0839. The van der Waals surface area contributed by atoms with E-state index in [9.17, 15) is 4.79 Å². The molecule has 6 heteroatoms. The summed E-state index contributed by atoms with van der Waals surface area (Å²) in [6.07, 6.45) is 0. The first-order valence-corrected chi connectivity index (χ1v) is 6.28. The van der Waals surface area contributed by atoms with Crippen LogP contribution in [0.2, 0.25) is 0 Å². The molecule has 2 N–H and O–H groups in total. The first-order valence-electron chi connectivity index (χ1n) is 6.28. The maximum atomic E-state index is 10.8. The Morgan fingerprint density at radius 1 is 1.29 bits per heavy atom. The maximum Gasteiger partial charge on any atom is 0.371 e. The SMILES string of the molecule is COc1cc(CO)ccc1OCc1cc(C(=O)O)oc1C. The molecule has 21 heavy (non-hydrogen) atoms. The van der Waals surface area contributed by atoms with Crippen LogP contribution in [0.1, 0.15) is 27.4 Å². The summed E-state index contributed by atoms with van der Waals surface area (Å²) < 4.78 is 15.9. The molecule has 0 unspecified atom stereocenters. The molecule has 0 amide bonds. The molecule has 0 radical (unpaired) electrons. The molecule has 0 saturated heterocycles. The molecule has 0 saturated carbocycles. The molecule has 6 nitrogen and oxygen atoms in total. The Balaban J connectivity index is 2.14. The highest BCUT2D eigenvalue weighted by atomic mass is 16.5. The van der Waals surface area contributed by atoms with Crippen LogP contribution in [0.3, 0.4) is 0 Å². The average molecular weight is 292 g/mol. The molecule has 0 aliphatic carbocycles. The van der Waals surface area contributed by atoms with E-state index in [4.69, 9.17) is 24.1 Å². The van der Waals surface area contributed by atoms with Crippen LogP contribution in [0.5, 0.6) is 11.5 Å². The van der Waals surface area contributed by atoms with Crippen molar-refractivity contribution in [2.45, 2.75) is 20.1 Å². The molecule has 2 rings (SSSR count). The van der Waals surface area contributed by atoms with Crippen molar-refractivity contribution in [2.75, 3.05) is 7.11 Å².